The molecule has 0 saturated heterocycles. The lowest BCUT2D eigenvalue weighted by molar-refractivity contribution is 0.796. The molecule has 0 unspecified atom stereocenters. The molecular weight excluding hydrogens is 286 g/mol. The van der Waals surface area contributed by atoms with Gasteiger partial charge in [0.2, 0.25) is 0 Å². The summed E-state index contributed by atoms with van der Waals surface area (Å²) in [5.74, 6) is 1.05. The van der Waals surface area contributed by atoms with Crippen molar-refractivity contribution >= 4 is 27.3 Å². The van der Waals surface area contributed by atoms with Gasteiger partial charge in [0, 0.05) is 13.6 Å². The summed E-state index contributed by atoms with van der Waals surface area (Å²) >= 11 is 5.23. The number of thiophene rings is 1. The minimum atomic E-state index is 0.798. The lowest BCUT2D eigenvalue weighted by Crippen LogP contribution is -2.06. The Bertz CT molecular complexity index is 501. The summed E-state index contributed by atoms with van der Waals surface area (Å²) in [5.41, 5.74) is 2.32. The molecule has 2 rings (SSSR count). The van der Waals surface area contributed by atoms with Crippen molar-refractivity contribution in [1.82, 2.24) is 14.9 Å². The Balaban J connectivity index is 2.53. The van der Waals surface area contributed by atoms with Crippen LogP contribution in [-0.2, 0) is 13.6 Å². The number of halogens is 1. The first-order chi connectivity index (χ1) is 7.63. The third kappa shape index (κ3) is 2.07. The van der Waals surface area contributed by atoms with E-state index in [9.17, 15) is 0 Å². The van der Waals surface area contributed by atoms with Gasteiger partial charge in [-0.3, -0.25) is 0 Å². The molecule has 0 aromatic carbocycles. The number of rotatable bonds is 3. The highest BCUT2D eigenvalue weighted by atomic mass is 79.9. The van der Waals surface area contributed by atoms with Crippen LogP contribution in [-0.4, -0.2) is 16.6 Å². The first kappa shape index (κ1) is 11.8. The molecule has 0 spiro atoms. The fourth-order valence-corrected chi connectivity index (χ4v) is 3.21. The van der Waals surface area contributed by atoms with E-state index < -0.39 is 0 Å². The molecular formula is C11H14BrN3S. The Kier molecular flexibility index (Phi) is 3.47. The van der Waals surface area contributed by atoms with Gasteiger partial charge in [0.15, 0.2) is 0 Å². The van der Waals surface area contributed by atoms with E-state index in [0.717, 1.165) is 21.8 Å². The SMILES string of the molecule is CNCc1nc(C)n(C)c1-c1ccc(Br)s1. The second kappa shape index (κ2) is 4.69. The Hall–Kier alpha value is -0.650. The smallest absolute Gasteiger partial charge is 0.106 e. The first-order valence-corrected chi connectivity index (χ1v) is 6.67. The molecule has 0 fully saturated rings. The molecule has 16 heavy (non-hydrogen) atoms. The molecule has 5 heteroatoms. The minimum Gasteiger partial charge on any atom is -0.330 e. The van der Waals surface area contributed by atoms with Gasteiger partial charge in [-0.05, 0) is 42.0 Å². The van der Waals surface area contributed by atoms with Crippen molar-refractivity contribution in [3.63, 3.8) is 0 Å². The van der Waals surface area contributed by atoms with Crippen LogP contribution in [0, 0.1) is 6.92 Å². The largest absolute Gasteiger partial charge is 0.330 e. The van der Waals surface area contributed by atoms with Crippen molar-refractivity contribution in [2.75, 3.05) is 7.05 Å². The van der Waals surface area contributed by atoms with E-state index in [1.807, 2.05) is 14.0 Å². The summed E-state index contributed by atoms with van der Waals surface area (Å²) < 4.78 is 3.29. The van der Waals surface area contributed by atoms with Crippen LogP contribution in [0.5, 0.6) is 0 Å². The van der Waals surface area contributed by atoms with Gasteiger partial charge in [0.05, 0.1) is 20.1 Å². The van der Waals surface area contributed by atoms with E-state index in [0.29, 0.717) is 0 Å². The molecule has 0 atom stereocenters. The highest BCUT2D eigenvalue weighted by molar-refractivity contribution is 9.11. The topological polar surface area (TPSA) is 29.9 Å². The van der Waals surface area contributed by atoms with Gasteiger partial charge in [-0.25, -0.2) is 4.98 Å². The van der Waals surface area contributed by atoms with Gasteiger partial charge >= 0.3 is 0 Å². The Labute approximate surface area is 108 Å². The van der Waals surface area contributed by atoms with Gasteiger partial charge in [0.1, 0.15) is 5.82 Å². The maximum absolute atomic E-state index is 4.58. The Morgan fingerprint density at radius 1 is 1.50 bits per heavy atom. The number of nitrogens with zero attached hydrogens (tertiary/aromatic N) is 2. The van der Waals surface area contributed by atoms with Crippen LogP contribution in [0.15, 0.2) is 15.9 Å². The fourth-order valence-electron chi connectivity index (χ4n) is 1.72. The Morgan fingerprint density at radius 2 is 2.25 bits per heavy atom. The maximum atomic E-state index is 4.58. The van der Waals surface area contributed by atoms with Crippen molar-refractivity contribution in [2.24, 2.45) is 7.05 Å². The average Bonchev–Trinajstić information content (AvgIpc) is 2.74. The number of nitrogens with one attached hydrogen (secondary N) is 1. The molecule has 0 aliphatic carbocycles. The normalized spacial score (nSPS) is 11.0. The van der Waals surface area contributed by atoms with Crippen LogP contribution in [0.1, 0.15) is 11.5 Å². The molecule has 0 amide bonds. The van der Waals surface area contributed by atoms with Gasteiger partial charge < -0.3 is 9.88 Å². The zero-order chi connectivity index (χ0) is 11.7. The molecule has 2 aromatic rings. The maximum Gasteiger partial charge on any atom is 0.106 e. The lowest BCUT2D eigenvalue weighted by atomic mass is 10.2. The Morgan fingerprint density at radius 3 is 2.81 bits per heavy atom. The van der Waals surface area contributed by atoms with E-state index >= 15 is 0 Å². The third-order valence-corrected chi connectivity index (χ3v) is 4.17. The monoisotopic (exact) mass is 299 g/mol. The molecule has 0 radical (unpaired) electrons. The first-order valence-electron chi connectivity index (χ1n) is 5.06. The number of aromatic nitrogens is 2. The molecule has 1 N–H and O–H groups in total. The van der Waals surface area contributed by atoms with Crippen LogP contribution < -0.4 is 5.32 Å². The molecule has 2 heterocycles. The van der Waals surface area contributed by atoms with Gasteiger partial charge in [-0.15, -0.1) is 11.3 Å². The van der Waals surface area contributed by atoms with Crippen LogP contribution in [0.4, 0.5) is 0 Å². The molecule has 3 nitrogen and oxygen atoms in total. The van der Waals surface area contributed by atoms with Crippen molar-refractivity contribution in [3.8, 4) is 10.6 Å². The van der Waals surface area contributed by atoms with E-state index in [-0.39, 0.29) is 0 Å². The van der Waals surface area contributed by atoms with Crippen molar-refractivity contribution < 1.29 is 0 Å². The zero-order valence-corrected chi connectivity index (χ0v) is 11.9. The number of aryl methyl sites for hydroxylation is 1. The second-order valence-electron chi connectivity index (χ2n) is 3.65. The third-order valence-electron chi connectivity index (χ3n) is 2.54. The average molecular weight is 300 g/mol. The van der Waals surface area contributed by atoms with Crippen molar-refractivity contribution in [1.29, 1.82) is 0 Å². The molecule has 2 aromatic heterocycles. The van der Waals surface area contributed by atoms with Crippen LogP contribution >= 0.6 is 27.3 Å². The number of imidazole rings is 1. The highest BCUT2D eigenvalue weighted by Crippen LogP contribution is 2.33. The molecule has 0 saturated carbocycles. The predicted molar refractivity (Wildman–Crippen MR) is 71.7 cm³/mol. The lowest BCUT2D eigenvalue weighted by Gasteiger charge is -2.03. The predicted octanol–water partition coefficient (Wildman–Crippen LogP) is 2.94. The molecule has 86 valence electrons. The zero-order valence-electron chi connectivity index (χ0n) is 9.54. The van der Waals surface area contributed by atoms with E-state index in [1.165, 1.54) is 10.6 Å². The quantitative estimate of drug-likeness (QED) is 0.944. The fraction of sp³-hybridized carbons (Fsp3) is 0.364. The van der Waals surface area contributed by atoms with Gasteiger partial charge in [-0.1, -0.05) is 0 Å². The van der Waals surface area contributed by atoms with E-state index in [2.05, 4.69) is 50.0 Å². The number of hydrogen-bond acceptors (Lipinski definition) is 3. The summed E-state index contributed by atoms with van der Waals surface area (Å²) in [5, 5.41) is 3.16. The summed E-state index contributed by atoms with van der Waals surface area (Å²) in [4.78, 5) is 5.83. The summed E-state index contributed by atoms with van der Waals surface area (Å²) in [7, 11) is 4.00. The van der Waals surface area contributed by atoms with Crippen LogP contribution in [0.2, 0.25) is 0 Å². The van der Waals surface area contributed by atoms with Crippen molar-refractivity contribution in [3.05, 3.63) is 27.4 Å². The summed E-state index contributed by atoms with van der Waals surface area (Å²) in [6.07, 6.45) is 0. The summed E-state index contributed by atoms with van der Waals surface area (Å²) in [6, 6.07) is 4.20. The second-order valence-corrected chi connectivity index (χ2v) is 6.11. The minimum absolute atomic E-state index is 0.798. The van der Waals surface area contributed by atoms with E-state index in [1.54, 1.807) is 11.3 Å². The standard InChI is InChI=1S/C11H14BrN3S/c1-7-14-8(6-13-2)11(15(7)3)9-4-5-10(12)16-9/h4-5,13H,6H2,1-3H3. The van der Waals surface area contributed by atoms with Crippen molar-refractivity contribution in [2.45, 2.75) is 13.5 Å². The van der Waals surface area contributed by atoms with Crippen LogP contribution in [0.25, 0.3) is 10.6 Å². The molecule has 0 bridgehead atoms. The van der Waals surface area contributed by atoms with Crippen LogP contribution in [0.3, 0.4) is 0 Å². The van der Waals surface area contributed by atoms with Gasteiger partial charge in [0.25, 0.3) is 0 Å². The molecule has 0 aliphatic heterocycles. The van der Waals surface area contributed by atoms with Gasteiger partial charge in [-0.2, -0.15) is 0 Å². The highest BCUT2D eigenvalue weighted by Gasteiger charge is 2.14. The van der Waals surface area contributed by atoms with E-state index in [4.69, 9.17) is 0 Å². The molecule has 0 aliphatic rings. The summed E-state index contributed by atoms with van der Waals surface area (Å²) in [6.45, 7) is 2.83. The number of hydrogen-bond donors (Lipinski definition) is 1.